The van der Waals surface area contributed by atoms with Crippen molar-refractivity contribution in [2.24, 2.45) is 5.92 Å². The number of ether oxygens (including phenoxy) is 1. The maximum absolute atomic E-state index is 12.4. The van der Waals surface area contributed by atoms with Gasteiger partial charge in [-0.2, -0.15) is 5.06 Å². The van der Waals surface area contributed by atoms with E-state index in [4.69, 9.17) is 21.2 Å². The van der Waals surface area contributed by atoms with Crippen LogP contribution in [0.5, 0.6) is 11.5 Å². The summed E-state index contributed by atoms with van der Waals surface area (Å²) in [5, 5.41) is 14.0. The Balaban J connectivity index is 1.76. The molecule has 2 fully saturated rings. The number of methoxy groups -OCH3 is 1. The largest absolute Gasteiger partial charge is 0.503 e. The topological polar surface area (TPSA) is 88.1 Å². The second-order valence-electron chi connectivity index (χ2n) is 6.46. The van der Waals surface area contributed by atoms with Crippen molar-refractivity contribution in [1.82, 2.24) is 10.4 Å². The first-order chi connectivity index (χ1) is 13.0. The summed E-state index contributed by atoms with van der Waals surface area (Å²) in [5.41, 5.74) is 1.58. The highest BCUT2D eigenvalue weighted by Gasteiger charge is 2.56. The van der Waals surface area contributed by atoms with Gasteiger partial charge in [-0.15, -0.1) is 0 Å². The minimum absolute atomic E-state index is 0.0946. The molecule has 0 saturated carbocycles. The molecular weight excluding hydrogens is 372 g/mol. The summed E-state index contributed by atoms with van der Waals surface area (Å²) in [6, 6.07) is 12.2. The van der Waals surface area contributed by atoms with Gasteiger partial charge >= 0.3 is 0 Å². The van der Waals surface area contributed by atoms with E-state index in [0.717, 1.165) is 5.56 Å². The smallest absolute Gasteiger partial charge is 0.258 e. The van der Waals surface area contributed by atoms with Crippen LogP contribution in [0.15, 0.2) is 42.5 Å². The van der Waals surface area contributed by atoms with Crippen LogP contribution >= 0.6 is 11.6 Å². The van der Waals surface area contributed by atoms with Crippen LogP contribution in [0.3, 0.4) is 0 Å². The van der Waals surface area contributed by atoms with Gasteiger partial charge in [0.05, 0.1) is 24.1 Å². The van der Waals surface area contributed by atoms with Crippen molar-refractivity contribution < 1.29 is 24.3 Å². The summed E-state index contributed by atoms with van der Waals surface area (Å²) in [5.74, 6) is -1.56. The molecule has 0 aromatic heterocycles. The molecule has 0 radical (unpaired) electrons. The first-order valence-corrected chi connectivity index (χ1v) is 8.76. The van der Waals surface area contributed by atoms with Gasteiger partial charge in [0.25, 0.3) is 5.91 Å². The highest BCUT2D eigenvalue weighted by molar-refractivity contribution is 6.32. The number of fused-ring (bicyclic) bond motifs is 1. The second kappa shape index (κ2) is 6.84. The Kier molecular flexibility index (Phi) is 4.51. The van der Waals surface area contributed by atoms with E-state index in [1.807, 2.05) is 30.3 Å². The molecule has 2 aromatic rings. The molecule has 140 valence electrons. The predicted octanol–water partition coefficient (Wildman–Crippen LogP) is 2.18. The molecule has 2 heterocycles. The molecule has 0 aliphatic carbocycles. The normalized spacial score (nSPS) is 24.7. The Labute approximate surface area is 160 Å². The average Bonchev–Trinajstić information content (AvgIpc) is 3.16. The number of benzene rings is 2. The van der Waals surface area contributed by atoms with Crippen molar-refractivity contribution in [3.63, 3.8) is 0 Å². The van der Waals surface area contributed by atoms with E-state index in [9.17, 15) is 14.7 Å². The third kappa shape index (κ3) is 3.03. The molecule has 2 N–H and O–H groups in total. The number of carbonyl (C=O) groups is 2. The van der Waals surface area contributed by atoms with Crippen LogP contribution in [0.2, 0.25) is 5.02 Å². The Morgan fingerprint density at radius 3 is 2.67 bits per heavy atom. The molecule has 2 aromatic carbocycles. The predicted molar refractivity (Wildman–Crippen MR) is 95.9 cm³/mol. The summed E-state index contributed by atoms with van der Waals surface area (Å²) in [7, 11) is 1.41. The number of hydrogen-bond donors (Lipinski definition) is 2. The van der Waals surface area contributed by atoms with Crippen molar-refractivity contribution in [3.05, 3.63) is 58.6 Å². The number of halogens is 1. The third-order valence-electron chi connectivity index (χ3n) is 4.83. The lowest BCUT2D eigenvalue weighted by Gasteiger charge is -2.26. The van der Waals surface area contributed by atoms with Crippen LogP contribution in [0, 0.1) is 5.92 Å². The van der Waals surface area contributed by atoms with Crippen LogP contribution < -0.4 is 10.1 Å². The van der Waals surface area contributed by atoms with E-state index in [1.165, 1.54) is 7.11 Å². The van der Waals surface area contributed by atoms with Crippen molar-refractivity contribution in [2.75, 3.05) is 7.11 Å². The molecule has 4 rings (SSSR count). The molecule has 0 bridgehead atoms. The van der Waals surface area contributed by atoms with Crippen LogP contribution in [-0.2, 0) is 21.0 Å². The fourth-order valence-corrected chi connectivity index (χ4v) is 3.80. The van der Waals surface area contributed by atoms with Crippen LogP contribution in [0.4, 0.5) is 0 Å². The van der Waals surface area contributed by atoms with E-state index < -0.39 is 29.9 Å². The Morgan fingerprint density at radius 2 is 1.96 bits per heavy atom. The second-order valence-corrected chi connectivity index (χ2v) is 6.87. The molecule has 2 aliphatic rings. The minimum Gasteiger partial charge on any atom is -0.503 e. The van der Waals surface area contributed by atoms with Crippen molar-refractivity contribution >= 4 is 23.4 Å². The van der Waals surface area contributed by atoms with Gasteiger partial charge in [0.15, 0.2) is 17.6 Å². The first kappa shape index (κ1) is 17.8. The first-order valence-electron chi connectivity index (χ1n) is 8.38. The summed E-state index contributed by atoms with van der Waals surface area (Å²) in [6.45, 7) is 0.375. The van der Waals surface area contributed by atoms with Crippen molar-refractivity contribution in [1.29, 1.82) is 0 Å². The van der Waals surface area contributed by atoms with Gasteiger partial charge in [-0.1, -0.05) is 41.9 Å². The van der Waals surface area contributed by atoms with Gasteiger partial charge < -0.3 is 9.84 Å². The van der Waals surface area contributed by atoms with Crippen LogP contribution in [0.25, 0.3) is 0 Å². The standard InChI is InChI=1S/C19H17ClN2O5/c1-26-13-8-11(7-12(20)16(13)23)15-14-17(19(25)21-18(14)24)27-22(15)9-10-5-3-2-4-6-10/h2-8,14-15,17,23H,9H2,1H3,(H,21,24,25). The number of aromatic hydroxyl groups is 1. The van der Waals surface area contributed by atoms with Crippen molar-refractivity contribution in [3.8, 4) is 11.5 Å². The lowest BCUT2D eigenvalue weighted by molar-refractivity contribution is -0.178. The molecule has 27 heavy (non-hydrogen) atoms. The SMILES string of the molecule is COc1cc(C2C3C(=O)NC(=O)C3ON2Cc2ccccc2)cc(Cl)c1O. The lowest BCUT2D eigenvalue weighted by Crippen LogP contribution is -2.33. The molecule has 2 aliphatic heterocycles. The molecule has 0 spiro atoms. The molecule has 3 unspecified atom stereocenters. The monoisotopic (exact) mass is 388 g/mol. The number of imide groups is 1. The quantitative estimate of drug-likeness (QED) is 0.780. The molecule has 2 saturated heterocycles. The van der Waals surface area contributed by atoms with E-state index in [1.54, 1.807) is 17.2 Å². The summed E-state index contributed by atoms with van der Waals surface area (Å²) < 4.78 is 5.18. The van der Waals surface area contributed by atoms with E-state index in [2.05, 4.69) is 5.32 Å². The average molecular weight is 389 g/mol. The van der Waals surface area contributed by atoms with E-state index >= 15 is 0 Å². The molecule has 8 heteroatoms. The molecule has 3 atom stereocenters. The highest BCUT2D eigenvalue weighted by atomic mass is 35.5. The van der Waals surface area contributed by atoms with Crippen molar-refractivity contribution in [2.45, 2.75) is 18.7 Å². The van der Waals surface area contributed by atoms with Gasteiger partial charge in [-0.05, 0) is 23.3 Å². The Morgan fingerprint density at radius 1 is 1.22 bits per heavy atom. The molecular formula is C19H17ClN2O5. The van der Waals surface area contributed by atoms with E-state index in [0.29, 0.717) is 12.1 Å². The minimum atomic E-state index is -0.898. The molecule has 2 amide bonds. The van der Waals surface area contributed by atoms with Gasteiger partial charge in [-0.25, -0.2) is 0 Å². The summed E-state index contributed by atoms with van der Waals surface area (Å²) in [6.07, 6.45) is -0.898. The van der Waals surface area contributed by atoms with Crippen LogP contribution in [0.1, 0.15) is 17.2 Å². The number of rotatable bonds is 4. The number of phenols is 1. The Bertz CT molecular complexity index is 904. The Hall–Kier alpha value is -2.61. The fraction of sp³-hybridized carbons (Fsp3) is 0.263. The number of amides is 2. The lowest BCUT2D eigenvalue weighted by atomic mass is 9.90. The van der Waals surface area contributed by atoms with Gasteiger partial charge in [0.2, 0.25) is 5.91 Å². The van der Waals surface area contributed by atoms with Crippen LogP contribution in [-0.4, -0.2) is 35.2 Å². The highest BCUT2D eigenvalue weighted by Crippen LogP contribution is 2.46. The summed E-state index contributed by atoms with van der Waals surface area (Å²) >= 11 is 6.14. The number of phenolic OH excluding ortho intramolecular Hbond substituents is 1. The van der Waals surface area contributed by atoms with Gasteiger partial charge in [0, 0.05) is 6.54 Å². The zero-order chi connectivity index (χ0) is 19.1. The number of hydrogen-bond acceptors (Lipinski definition) is 6. The zero-order valence-electron chi connectivity index (χ0n) is 14.4. The number of carbonyl (C=O) groups excluding carboxylic acids is 2. The fourth-order valence-electron chi connectivity index (χ4n) is 3.58. The third-order valence-corrected chi connectivity index (χ3v) is 5.11. The molecule has 7 nitrogen and oxygen atoms in total. The number of nitrogens with zero attached hydrogens (tertiary/aromatic N) is 1. The maximum Gasteiger partial charge on any atom is 0.258 e. The van der Waals surface area contributed by atoms with Gasteiger partial charge in [0.1, 0.15) is 0 Å². The zero-order valence-corrected chi connectivity index (χ0v) is 15.1. The van der Waals surface area contributed by atoms with E-state index in [-0.39, 0.29) is 16.5 Å². The summed E-state index contributed by atoms with van der Waals surface area (Å²) in [4.78, 5) is 30.3. The number of hydroxylamine groups is 2. The maximum atomic E-state index is 12.4. The van der Waals surface area contributed by atoms with Gasteiger partial charge in [-0.3, -0.25) is 19.7 Å². The number of nitrogens with one attached hydrogen (secondary N) is 1.